The van der Waals surface area contributed by atoms with E-state index in [2.05, 4.69) is 33.0 Å². The number of aromatic amines is 1. The zero-order chi connectivity index (χ0) is 22.9. The van der Waals surface area contributed by atoms with Gasteiger partial charge in [-0.15, -0.1) is 0 Å². The molecule has 1 aromatic rings. The molecule has 17 nitrogen and oxygen atoms in total. The van der Waals surface area contributed by atoms with Crippen LogP contribution in [0.2, 0.25) is 0 Å². The molecule has 6 N–H and O–H groups in total. The van der Waals surface area contributed by atoms with Crippen LogP contribution in [0.4, 0.5) is 0 Å². The highest BCUT2D eigenvalue weighted by atomic mass is 79.9. The van der Waals surface area contributed by atoms with Crippen molar-refractivity contribution >= 4 is 39.7 Å². The summed E-state index contributed by atoms with van der Waals surface area (Å²) in [7, 11) is -16.3. The third-order valence-corrected chi connectivity index (χ3v) is 8.36. The number of aliphatic hydroxyl groups is 2. The van der Waals surface area contributed by atoms with Crippen LogP contribution >= 0.6 is 39.7 Å². The Balaban J connectivity index is 2.10. The molecule has 0 saturated carbocycles. The first-order valence-electron chi connectivity index (χ1n) is 7.35. The molecular formula is C9H14BrN2O15P3. The normalized spacial score (nSPS) is 28.7. The van der Waals surface area contributed by atoms with Gasteiger partial charge in [0.05, 0.1) is 6.61 Å². The quantitative estimate of drug-likeness (QED) is 0.194. The van der Waals surface area contributed by atoms with E-state index in [-0.39, 0.29) is 0 Å². The fraction of sp³-hybridized carbons (Fsp3) is 0.556. The lowest BCUT2D eigenvalue weighted by molar-refractivity contribution is -0.0537. The molecule has 1 aromatic heterocycles. The minimum atomic E-state index is -5.65. The fourth-order valence-electron chi connectivity index (χ4n) is 2.22. The van der Waals surface area contributed by atoms with E-state index in [1.54, 1.807) is 0 Å². The van der Waals surface area contributed by atoms with Crippen LogP contribution in [0, 0.1) is 0 Å². The SMILES string of the molecule is O=c1ccn([C@H]2O[C@@H](COP(=O)(OBr)OP(=O)(O)OP(=O)(O)O)C(O)C2O)c(=O)[nH]1. The van der Waals surface area contributed by atoms with Crippen LogP contribution < -0.4 is 11.2 Å². The molecule has 6 atom stereocenters. The lowest BCUT2D eigenvalue weighted by Crippen LogP contribution is -2.37. The summed E-state index contributed by atoms with van der Waals surface area (Å²) in [5.74, 6) is 0. The van der Waals surface area contributed by atoms with Gasteiger partial charge in [0.15, 0.2) is 6.23 Å². The number of aromatic nitrogens is 2. The van der Waals surface area contributed by atoms with Crippen LogP contribution in [0.25, 0.3) is 0 Å². The van der Waals surface area contributed by atoms with Gasteiger partial charge < -0.3 is 29.6 Å². The van der Waals surface area contributed by atoms with Crippen molar-refractivity contribution in [1.82, 2.24) is 9.55 Å². The summed E-state index contributed by atoms with van der Waals surface area (Å²) in [6.45, 7) is -0.939. The number of phosphoric acid groups is 3. The van der Waals surface area contributed by atoms with E-state index in [0.717, 1.165) is 16.8 Å². The van der Waals surface area contributed by atoms with E-state index in [1.807, 2.05) is 4.98 Å². The fourth-order valence-corrected chi connectivity index (χ4v) is 6.08. The molecule has 21 heteroatoms. The highest BCUT2D eigenvalue weighted by Gasteiger charge is 2.47. The van der Waals surface area contributed by atoms with Crippen LogP contribution in [0.15, 0.2) is 21.9 Å². The van der Waals surface area contributed by atoms with Gasteiger partial charge in [-0.1, -0.05) is 0 Å². The van der Waals surface area contributed by atoms with Crippen molar-refractivity contribution < 1.29 is 60.1 Å². The Kier molecular flexibility index (Phi) is 8.16. The molecule has 0 bridgehead atoms. The average Bonchev–Trinajstić information content (AvgIpc) is 2.86. The predicted molar refractivity (Wildman–Crippen MR) is 94.9 cm³/mol. The number of aliphatic hydroxyl groups excluding tert-OH is 2. The Morgan fingerprint density at radius 3 is 2.30 bits per heavy atom. The topological polar surface area (TPSA) is 253 Å². The monoisotopic (exact) mass is 562 g/mol. The van der Waals surface area contributed by atoms with E-state index in [0.29, 0.717) is 0 Å². The molecule has 172 valence electrons. The standard InChI is InChI=1S/C9H14BrN2O15P3/c10-25-30(22,27-29(20,21)26-28(17,18)19)23-3-4-6(14)7(15)8(24-4)12-2-1-5(13)11-9(12)16/h1-2,4,6-8,14-15H,3H2,(H,20,21)(H,11,13,16)(H2,17,18,19)/t4-,6?,7?,8-,30?/m0/s1. The van der Waals surface area contributed by atoms with Crippen LogP contribution in [0.5, 0.6) is 0 Å². The molecule has 1 aliphatic rings. The average molecular weight is 563 g/mol. The van der Waals surface area contributed by atoms with E-state index in [9.17, 15) is 38.4 Å². The molecule has 1 saturated heterocycles. The molecule has 0 aromatic carbocycles. The smallest absolute Gasteiger partial charge is 0.387 e. The number of H-pyrrole nitrogens is 1. The number of ether oxygens (including phenoxy) is 1. The van der Waals surface area contributed by atoms with Crippen molar-refractivity contribution in [2.45, 2.75) is 24.5 Å². The van der Waals surface area contributed by atoms with Gasteiger partial charge in [0.2, 0.25) is 0 Å². The Hall–Kier alpha value is -0.550. The number of nitrogens with one attached hydrogen (secondary N) is 1. The van der Waals surface area contributed by atoms with Crippen molar-refractivity contribution in [3.8, 4) is 0 Å². The molecule has 0 amide bonds. The van der Waals surface area contributed by atoms with E-state index < -0.39 is 65.9 Å². The van der Waals surface area contributed by atoms with Crippen molar-refractivity contribution in [3.63, 3.8) is 0 Å². The van der Waals surface area contributed by atoms with Crippen molar-refractivity contribution in [3.05, 3.63) is 33.1 Å². The number of hydrogen-bond acceptors (Lipinski definition) is 12. The van der Waals surface area contributed by atoms with Crippen LogP contribution in [-0.2, 0) is 35.2 Å². The van der Waals surface area contributed by atoms with Gasteiger partial charge in [0, 0.05) is 12.3 Å². The largest absolute Gasteiger partial charge is 0.494 e. The summed E-state index contributed by atoms with van der Waals surface area (Å²) in [5, 5.41) is 20.1. The second-order valence-electron chi connectivity index (χ2n) is 5.50. The van der Waals surface area contributed by atoms with E-state index >= 15 is 0 Å². The molecule has 0 spiro atoms. The maximum absolute atomic E-state index is 12.2. The lowest BCUT2D eigenvalue weighted by atomic mass is 10.1. The molecule has 4 unspecified atom stereocenters. The molecule has 30 heavy (non-hydrogen) atoms. The molecule has 0 aliphatic carbocycles. The Bertz CT molecular complexity index is 1020. The Labute approximate surface area is 174 Å². The van der Waals surface area contributed by atoms with Crippen LogP contribution in [0.1, 0.15) is 6.23 Å². The second-order valence-corrected chi connectivity index (χ2v) is 10.9. The maximum atomic E-state index is 12.2. The highest BCUT2D eigenvalue weighted by molar-refractivity contribution is 9.06. The molecular weight excluding hydrogens is 549 g/mol. The Morgan fingerprint density at radius 2 is 1.77 bits per heavy atom. The number of rotatable bonds is 9. The van der Waals surface area contributed by atoms with Crippen molar-refractivity contribution in [1.29, 1.82) is 0 Å². The third-order valence-electron chi connectivity index (χ3n) is 3.36. The van der Waals surface area contributed by atoms with Gasteiger partial charge in [-0.3, -0.25) is 18.9 Å². The predicted octanol–water partition coefficient (Wildman–Crippen LogP) is -1.17. The first-order chi connectivity index (χ1) is 13.7. The van der Waals surface area contributed by atoms with Gasteiger partial charge in [-0.05, 0) is 0 Å². The van der Waals surface area contributed by atoms with E-state index in [4.69, 9.17) is 14.5 Å². The molecule has 1 aliphatic heterocycles. The summed E-state index contributed by atoms with van der Waals surface area (Å²) in [5.41, 5.74) is -1.71. The third kappa shape index (κ3) is 6.72. The first kappa shape index (κ1) is 25.7. The molecule has 0 radical (unpaired) electrons. The van der Waals surface area contributed by atoms with Gasteiger partial charge >= 0.3 is 29.2 Å². The second kappa shape index (κ2) is 9.52. The van der Waals surface area contributed by atoms with Gasteiger partial charge in [0.1, 0.15) is 34.6 Å². The van der Waals surface area contributed by atoms with Gasteiger partial charge in [-0.25, -0.2) is 22.1 Å². The zero-order valence-corrected chi connectivity index (χ0v) is 18.4. The molecule has 1 fully saturated rings. The van der Waals surface area contributed by atoms with Crippen molar-refractivity contribution in [2.24, 2.45) is 0 Å². The van der Waals surface area contributed by atoms with Crippen LogP contribution in [-0.4, -0.2) is 59.4 Å². The summed E-state index contributed by atoms with van der Waals surface area (Å²) >= 11 is 2.18. The molecule has 2 heterocycles. The first-order valence-corrected chi connectivity index (χ1v) is 12.5. The number of nitrogens with zero attached hydrogens (tertiary/aromatic N) is 1. The summed E-state index contributed by atoms with van der Waals surface area (Å²) in [4.78, 5) is 51.1. The Morgan fingerprint density at radius 1 is 1.13 bits per heavy atom. The lowest BCUT2D eigenvalue weighted by Gasteiger charge is -2.20. The van der Waals surface area contributed by atoms with Crippen molar-refractivity contribution in [2.75, 3.05) is 6.61 Å². The highest BCUT2D eigenvalue weighted by Crippen LogP contribution is 2.68. The summed E-state index contributed by atoms with van der Waals surface area (Å²) in [6, 6.07) is 0.939. The summed E-state index contributed by atoms with van der Waals surface area (Å²) in [6.07, 6.45) is -5.52. The van der Waals surface area contributed by atoms with Gasteiger partial charge in [-0.2, -0.15) is 8.62 Å². The van der Waals surface area contributed by atoms with Gasteiger partial charge in [0.25, 0.3) is 5.56 Å². The maximum Gasteiger partial charge on any atom is 0.494 e. The molecule has 2 rings (SSSR count). The number of hydrogen-bond donors (Lipinski definition) is 6. The number of halogens is 1. The summed E-state index contributed by atoms with van der Waals surface area (Å²) < 4.78 is 56.5. The minimum absolute atomic E-state index is 0.734. The minimum Gasteiger partial charge on any atom is -0.387 e. The van der Waals surface area contributed by atoms with Crippen LogP contribution in [0.3, 0.4) is 0 Å². The van der Waals surface area contributed by atoms with E-state index in [1.165, 1.54) is 0 Å². The zero-order valence-electron chi connectivity index (χ0n) is 14.2.